The predicted octanol–water partition coefficient (Wildman–Crippen LogP) is 4.39. The van der Waals surface area contributed by atoms with Gasteiger partial charge in [-0.15, -0.1) is 0 Å². The molecule has 1 amide bonds. The Hall–Kier alpha value is -1.56. The molecule has 1 aromatic carbocycles. The largest absolute Gasteiger partial charge is 0.490 e. The van der Waals surface area contributed by atoms with Crippen LogP contribution in [0.1, 0.15) is 71.3 Å². The number of carbonyl (C=O) groups is 1. The van der Waals surface area contributed by atoms with Crippen molar-refractivity contribution in [2.45, 2.75) is 83.0 Å². The van der Waals surface area contributed by atoms with Gasteiger partial charge in [-0.3, -0.25) is 4.79 Å². The molecule has 30 heavy (non-hydrogen) atoms. The summed E-state index contributed by atoms with van der Waals surface area (Å²) in [5.74, 6) is 1.38. The minimum Gasteiger partial charge on any atom is -0.490 e. The summed E-state index contributed by atoms with van der Waals surface area (Å²) in [6.07, 6.45) is 8.30. The molecule has 0 spiro atoms. The van der Waals surface area contributed by atoms with Crippen LogP contribution in [-0.4, -0.2) is 48.9 Å². The second-order valence-electron chi connectivity index (χ2n) is 9.92. The first-order chi connectivity index (χ1) is 14.1. The van der Waals surface area contributed by atoms with Crippen LogP contribution in [0.3, 0.4) is 0 Å². The summed E-state index contributed by atoms with van der Waals surface area (Å²) in [7, 11) is -3.11. The third kappa shape index (κ3) is 6.22. The second kappa shape index (κ2) is 9.71. The number of hydrogen-bond donors (Lipinski definition) is 0. The average molecular weight is 436 g/mol. The van der Waals surface area contributed by atoms with Gasteiger partial charge in [-0.25, -0.2) is 8.42 Å². The molecule has 0 bridgehead atoms. The number of hydrogen-bond acceptors (Lipinski definition) is 4. The molecule has 0 N–H and O–H groups in total. The molecule has 2 aliphatic rings. The summed E-state index contributed by atoms with van der Waals surface area (Å²) >= 11 is 0. The Labute approximate surface area is 182 Å². The van der Waals surface area contributed by atoms with E-state index in [1.165, 1.54) is 19.3 Å². The first kappa shape index (κ1) is 23.1. The third-order valence-corrected chi connectivity index (χ3v) is 9.27. The van der Waals surface area contributed by atoms with E-state index in [1.54, 1.807) is 20.8 Å². The van der Waals surface area contributed by atoms with E-state index in [4.69, 9.17) is 4.74 Å². The van der Waals surface area contributed by atoms with Crippen molar-refractivity contribution in [2.75, 3.05) is 18.8 Å². The van der Waals surface area contributed by atoms with Gasteiger partial charge < -0.3 is 9.64 Å². The standard InChI is InChI=1S/C24H37NO4S/c1-24(2,3)30(27,28)18-20-13-15-25(16-14-20)23(26)17-19-9-11-22(12-10-19)29-21-7-5-4-6-8-21/h9-12,20-21H,4-8,13-18H2,1-3H3. The molecule has 1 aliphatic heterocycles. The van der Waals surface area contributed by atoms with Crippen LogP contribution in [-0.2, 0) is 21.1 Å². The summed E-state index contributed by atoms with van der Waals surface area (Å²) in [4.78, 5) is 14.6. The van der Waals surface area contributed by atoms with Crippen molar-refractivity contribution >= 4 is 15.7 Å². The van der Waals surface area contributed by atoms with E-state index in [-0.39, 0.29) is 17.6 Å². The topological polar surface area (TPSA) is 63.7 Å². The maximum Gasteiger partial charge on any atom is 0.226 e. The van der Waals surface area contributed by atoms with Gasteiger partial charge in [-0.05, 0) is 82.9 Å². The zero-order valence-corrected chi connectivity index (χ0v) is 19.5. The summed E-state index contributed by atoms with van der Waals surface area (Å²) in [6.45, 7) is 6.56. The van der Waals surface area contributed by atoms with Crippen molar-refractivity contribution in [2.24, 2.45) is 5.92 Å². The van der Waals surface area contributed by atoms with E-state index >= 15 is 0 Å². The highest BCUT2D eigenvalue weighted by atomic mass is 32.2. The summed E-state index contributed by atoms with van der Waals surface area (Å²) in [5.41, 5.74) is 0.994. The van der Waals surface area contributed by atoms with Crippen molar-refractivity contribution < 1.29 is 17.9 Å². The SMILES string of the molecule is CC(C)(C)S(=O)(=O)CC1CCN(C(=O)Cc2ccc(OC3CCCCC3)cc2)CC1. The van der Waals surface area contributed by atoms with Gasteiger partial charge in [-0.2, -0.15) is 0 Å². The number of sulfone groups is 1. The molecule has 1 heterocycles. The maximum absolute atomic E-state index is 12.7. The molecule has 3 rings (SSSR count). The lowest BCUT2D eigenvalue weighted by Crippen LogP contribution is -2.42. The Morgan fingerprint density at radius 2 is 1.60 bits per heavy atom. The number of amides is 1. The minimum absolute atomic E-state index is 0.119. The van der Waals surface area contributed by atoms with Crippen LogP contribution >= 0.6 is 0 Å². The smallest absolute Gasteiger partial charge is 0.226 e. The van der Waals surface area contributed by atoms with Gasteiger partial charge in [0, 0.05) is 13.1 Å². The molecule has 1 aliphatic carbocycles. The van der Waals surface area contributed by atoms with Gasteiger partial charge in [0.05, 0.1) is 23.0 Å². The normalized spacial score (nSPS) is 19.6. The highest BCUT2D eigenvalue weighted by Crippen LogP contribution is 2.26. The number of likely N-dealkylation sites (tertiary alicyclic amines) is 1. The highest BCUT2D eigenvalue weighted by molar-refractivity contribution is 7.92. The van der Waals surface area contributed by atoms with E-state index in [1.807, 2.05) is 29.2 Å². The molecule has 5 nitrogen and oxygen atoms in total. The van der Waals surface area contributed by atoms with E-state index in [0.717, 1.165) is 37.0 Å². The number of benzene rings is 1. The lowest BCUT2D eigenvalue weighted by atomic mass is 9.97. The van der Waals surface area contributed by atoms with Gasteiger partial charge in [0.1, 0.15) is 5.75 Å². The Kier molecular flexibility index (Phi) is 7.48. The number of piperidine rings is 1. The first-order valence-corrected chi connectivity index (χ1v) is 13.0. The third-order valence-electron chi connectivity index (χ3n) is 6.49. The van der Waals surface area contributed by atoms with Gasteiger partial charge >= 0.3 is 0 Å². The fourth-order valence-corrected chi connectivity index (χ4v) is 5.71. The zero-order valence-electron chi connectivity index (χ0n) is 18.7. The van der Waals surface area contributed by atoms with E-state index in [9.17, 15) is 13.2 Å². The molecule has 1 saturated heterocycles. The molecule has 1 aromatic rings. The first-order valence-electron chi connectivity index (χ1n) is 11.4. The Morgan fingerprint density at radius 1 is 1.00 bits per heavy atom. The van der Waals surface area contributed by atoms with Crippen LogP contribution in [0.25, 0.3) is 0 Å². The molecule has 0 unspecified atom stereocenters. The molecular weight excluding hydrogens is 398 g/mol. The average Bonchev–Trinajstić information content (AvgIpc) is 2.70. The van der Waals surface area contributed by atoms with Crippen molar-refractivity contribution in [3.05, 3.63) is 29.8 Å². The predicted molar refractivity (Wildman–Crippen MR) is 120 cm³/mol. The van der Waals surface area contributed by atoms with E-state index in [0.29, 0.717) is 25.6 Å². The van der Waals surface area contributed by atoms with Crippen molar-refractivity contribution in [3.63, 3.8) is 0 Å². The lowest BCUT2D eigenvalue weighted by molar-refractivity contribution is -0.131. The van der Waals surface area contributed by atoms with Gasteiger partial charge in [0.15, 0.2) is 9.84 Å². The van der Waals surface area contributed by atoms with E-state index < -0.39 is 14.6 Å². The van der Waals surface area contributed by atoms with Crippen LogP contribution in [0.2, 0.25) is 0 Å². The van der Waals surface area contributed by atoms with Crippen molar-refractivity contribution in [1.82, 2.24) is 4.90 Å². The molecule has 2 fully saturated rings. The number of ether oxygens (including phenoxy) is 1. The summed E-state index contributed by atoms with van der Waals surface area (Å²) < 4.78 is 30.2. The molecule has 0 aromatic heterocycles. The van der Waals surface area contributed by atoms with Gasteiger partial charge in [0.2, 0.25) is 5.91 Å². The van der Waals surface area contributed by atoms with Crippen molar-refractivity contribution in [3.8, 4) is 5.75 Å². The fraction of sp³-hybridized carbons (Fsp3) is 0.708. The van der Waals surface area contributed by atoms with Crippen LogP contribution in [0.15, 0.2) is 24.3 Å². The minimum atomic E-state index is -3.11. The molecule has 1 saturated carbocycles. The molecule has 168 valence electrons. The molecule has 6 heteroatoms. The summed E-state index contributed by atoms with van der Waals surface area (Å²) in [5, 5.41) is 0. The highest BCUT2D eigenvalue weighted by Gasteiger charge is 2.33. The van der Waals surface area contributed by atoms with E-state index in [2.05, 4.69) is 0 Å². The Morgan fingerprint density at radius 3 is 2.17 bits per heavy atom. The maximum atomic E-state index is 12.7. The summed E-state index contributed by atoms with van der Waals surface area (Å²) in [6, 6.07) is 7.92. The number of carbonyl (C=O) groups excluding carboxylic acids is 1. The van der Waals surface area contributed by atoms with Crippen LogP contribution in [0, 0.1) is 5.92 Å². The lowest BCUT2D eigenvalue weighted by Gasteiger charge is -2.33. The fourth-order valence-electron chi connectivity index (χ4n) is 4.26. The monoisotopic (exact) mass is 435 g/mol. The zero-order chi connectivity index (χ0) is 21.8. The van der Waals surface area contributed by atoms with Gasteiger partial charge in [-0.1, -0.05) is 18.6 Å². The van der Waals surface area contributed by atoms with Crippen LogP contribution in [0.4, 0.5) is 0 Å². The van der Waals surface area contributed by atoms with Crippen LogP contribution in [0.5, 0.6) is 5.75 Å². The quantitative estimate of drug-likeness (QED) is 0.665. The Bertz CT molecular complexity index is 797. The number of nitrogens with zero attached hydrogens (tertiary/aromatic N) is 1. The second-order valence-corrected chi connectivity index (χ2v) is 12.7. The van der Waals surface area contributed by atoms with Gasteiger partial charge in [0.25, 0.3) is 0 Å². The molecule has 0 radical (unpaired) electrons. The Balaban J connectivity index is 1.45. The van der Waals surface area contributed by atoms with Crippen molar-refractivity contribution in [1.29, 1.82) is 0 Å². The van der Waals surface area contributed by atoms with Crippen LogP contribution < -0.4 is 4.74 Å². The molecular formula is C24H37NO4S. The number of rotatable bonds is 6. The molecule has 0 atom stereocenters.